The highest BCUT2D eigenvalue weighted by molar-refractivity contribution is 5.80. The van der Waals surface area contributed by atoms with Crippen molar-refractivity contribution in [1.29, 1.82) is 0 Å². The van der Waals surface area contributed by atoms with Crippen LogP contribution in [0.1, 0.15) is 71.1 Å². The third-order valence-electron chi connectivity index (χ3n) is 6.94. The molecule has 4 rings (SSSR count). The minimum Gasteiger partial charge on any atom is -0.300 e. The van der Waals surface area contributed by atoms with Crippen molar-refractivity contribution in [3.8, 4) is 0 Å². The zero-order chi connectivity index (χ0) is 13.0. The number of rotatable bonds is 0. The van der Waals surface area contributed by atoms with Gasteiger partial charge in [0.2, 0.25) is 0 Å². The first kappa shape index (κ1) is 12.2. The zero-order valence-corrected chi connectivity index (χ0v) is 12.2. The summed E-state index contributed by atoms with van der Waals surface area (Å²) in [5, 5.41) is 0. The van der Waals surface area contributed by atoms with Gasteiger partial charge in [-0.25, -0.2) is 0 Å². The van der Waals surface area contributed by atoms with Gasteiger partial charge < -0.3 is 0 Å². The van der Waals surface area contributed by atoms with E-state index in [0.717, 1.165) is 31.1 Å². The van der Waals surface area contributed by atoms with Crippen LogP contribution in [0.15, 0.2) is 11.1 Å². The number of carbonyl (C=O) groups excluding carboxylic acids is 1. The summed E-state index contributed by atoms with van der Waals surface area (Å²) in [6.07, 6.45) is 12.7. The molecule has 0 aromatic heterocycles. The number of fused-ring (bicyclic) bond motifs is 4. The Kier molecular flexibility index (Phi) is 2.69. The summed E-state index contributed by atoms with van der Waals surface area (Å²) in [6, 6.07) is 0. The maximum atomic E-state index is 11.7. The van der Waals surface area contributed by atoms with Crippen LogP contribution in [0.3, 0.4) is 0 Å². The lowest BCUT2D eigenvalue weighted by atomic mass is 9.56. The van der Waals surface area contributed by atoms with Crippen molar-refractivity contribution in [2.75, 3.05) is 0 Å². The van der Waals surface area contributed by atoms with Gasteiger partial charge in [0, 0.05) is 12.8 Å². The maximum Gasteiger partial charge on any atom is 0.133 e. The molecular weight excluding hydrogens is 232 g/mol. The van der Waals surface area contributed by atoms with E-state index in [1.807, 2.05) is 5.57 Å². The van der Waals surface area contributed by atoms with Crippen LogP contribution in [-0.4, -0.2) is 5.78 Å². The molecule has 104 valence electrons. The van der Waals surface area contributed by atoms with Gasteiger partial charge in [-0.3, -0.25) is 4.79 Å². The molecule has 4 atom stereocenters. The number of hydrogen-bond acceptors (Lipinski definition) is 1. The van der Waals surface area contributed by atoms with Crippen molar-refractivity contribution >= 4 is 5.78 Å². The minimum absolute atomic E-state index is 0.523. The topological polar surface area (TPSA) is 17.1 Å². The average Bonchev–Trinajstić information content (AvgIpc) is 2.79. The molecule has 3 saturated carbocycles. The van der Waals surface area contributed by atoms with Gasteiger partial charge in [0.25, 0.3) is 0 Å². The highest BCUT2D eigenvalue weighted by Gasteiger charge is 2.49. The van der Waals surface area contributed by atoms with E-state index in [1.165, 1.54) is 44.9 Å². The molecule has 0 bridgehead atoms. The Morgan fingerprint density at radius 2 is 1.89 bits per heavy atom. The van der Waals surface area contributed by atoms with E-state index in [-0.39, 0.29) is 0 Å². The third-order valence-corrected chi connectivity index (χ3v) is 6.94. The van der Waals surface area contributed by atoms with Gasteiger partial charge in [-0.1, -0.05) is 24.5 Å². The summed E-state index contributed by atoms with van der Waals surface area (Å²) in [7, 11) is 0. The molecule has 0 aromatic carbocycles. The molecule has 19 heavy (non-hydrogen) atoms. The minimum atomic E-state index is 0.523. The fraction of sp³-hybridized carbons (Fsp3) is 0.833. The van der Waals surface area contributed by atoms with E-state index in [9.17, 15) is 4.79 Å². The first-order chi connectivity index (χ1) is 9.17. The van der Waals surface area contributed by atoms with Crippen LogP contribution >= 0.6 is 0 Å². The Morgan fingerprint density at radius 3 is 2.79 bits per heavy atom. The van der Waals surface area contributed by atoms with E-state index in [2.05, 4.69) is 6.92 Å². The second kappa shape index (κ2) is 4.20. The van der Waals surface area contributed by atoms with Crippen molar-refractivity contribution in [2.24, 2.45) is 23.2 Å². The molecule has 1 unspecified atom stereocenters. The summed E-state index contributed by atoms with van der Waals surface area (Å²) in [5.74, 6) is 3.05. The van der Waals surface area contributed by atoms with Gasteiger partial charge in [0.15, 0.2) is 0 Å². The van der Waals surface area contributed by atoms with Crippen molar-refractivity contribution in [3.63, 3.8) is 0 Å². The van der Waals surface area contributed by atoms with Gasteiger partial charge in [-0.05, 0) is 68.1 Å². The van der Waals surface area contributed by atoms with Gasteiger partial charge in [-0.2, -0.15) is 0 Å². The molecule has 0 N–H and O–H groups in total. The smallest absolute Gasteiger partial charge is 0.133 e. The van der Waals surface area contributed by atoms with Crippen molar-refractivity contribution in [3.05, 3.63) is 11.1 Å². The Hall–Kier alpha value is -0.590. The molecule has 0 aliphatic heterocycles. The van der Waals surface area contributed by atoms with Crippen LogP contribution in [0.25, 0.3) is 0 Å². The highest BCUT2D eigenvalue weighted by atomic mass is 16.1. The first-order valence-corrected chi connectivity index (χ1v) is 8.41. The Labute approximate surface area is 116 Å². The average molecular weight is 258 g/mol. The number of carbonyl (C=O) groups is 1. The Bertz CT molecular complexity index is 447. The molecule has 0 amide bonds. The second-order valence-electron chi connectivity index (χ2n) is 7.83. The molecule has 0 spiro atoms. The molecular formula is C18H26O. The quantitative estimate of drug-likeness (QED) is 0.577. The molecule has 0 heterocycles. The maximum absolute atomic E-state index is 11.7. The van der Waals surface area contributed by atoms with E-state index in [1.54, 1.807) is 5.57 Å². The van der Waals surface area contributed by atoms with Crippen molar-refractivity contribution in [2.45, 2.75) is 71.1 Å². The summed E-state index contributed by atoms with van der Waals surface area (Å²) < 4.78 is 0. The number of allylic oxidation sites excluding steroid dienone is 2. The normalized spacial score (nSPS) is 45.7. The van der Waals surface area contributed by atoms with E-state index >= 15 is 0 Å². The Morgan fingerprint density at radius 1 is 1.00 bits per heavy atom. The van der Waals surface area contributed by atoms with E-state index < -0.39 is 0 Å². The monoisotopic (exact) mass is 258 g/mol. The SMILES string of the molecule is C[C@@]12CCC[C@H]1[C@@H]1CCC3CC(=O)CCC3=C1CC2. The standard InChI is InChI=1S/C18H26O/c1-18-9-2-3-17(18)16-6-4-12-11-13(19)5-7-14(12)15(16)8-10-18/h12,16-17H,2-11H2,1H3/t12?,16-,17+,18+/m1/s1. The number of Topliss-reactive ketones (excluding diaryl/α,β-unsaturated/α-hetero) is 1. The summed E-state index contributed by atoms with van der Waals surface area (Å²) in [6.45, 7) is 2.56. The Balaban J connectivity index is 1.69. The van der Waals surface area contributed by atoms with Crippen LogP contribution in [0.4, 0.5) is 0 Å². The zero-order valence-electron chi connectivity index (χ0n) is 12.2. The lowest BCUT2D eigenvalue weighted by molar-refractivity contribution is -0.120. The van der Waals surface area contributed by atoms with Crippen LogP contribution in [0.5, 0.6) is 0 Å². The van der Waals surface area contributed by atoms with E-state index in [4.69, 9.17) is 0 Å². The molecule has 3 fully saturated rings. The van der Waals surface area contributed by atoms with E-state index in [0.29, 0.717) is 17.1 Å². The fourth-order valence-electron chi connectivity index (χ4n) is 5.94. The van der Waals surface area contributed by atoms with Crippen LogP contribution in [-0.2, 0) is 4.79 Å². The molecule has 0 aromatic rings. The van der Waals surface area contributed by atoms with Crippen molar-refractivity contribution < 1.29 is 4.79 Å². The second-order valence-corrected chi connectivity index (χ2v) is 7.83. The first-order valence-electron chi connectivity index (χ1n) is 8.41. The lowest BCUT2D eigenvalue weighted by Crippen LogP contribution is -2.38. The highest BCUT2D eigenvalue weighted by Crippen LogP contribution is 2.60. The van der Waals surface area contributed by atoms with Crippen LogP contribution in [0, 0.1) is 23.2 Å². The van der Waals surface area contributed by atoms with Gasteiger partial charge in [-0.15, -0.1) is 0 Å². The molecule has 0 saturated heterocycles. The third kappa shape index (κ3) is 1.76. The summed E-state index contributed by atoms with van der Waals surface area (Å²) >= 11 is 0. The molecule has 4 aliphatic carbocycles. The van der Waals surface area contributed by atoms with Crippen LogP contribution in [0.2, 0.25) is 0 Å². The molecule has 0 radical (unpaired) electrons. The predicted molar refractivity (Wildman–Crippen MR) is 76.8 cm³/mol. The molecule has 1 nitrogen and oxygen atoms in total. The fourth-order valence-corrected chi connectivity index (χ4v) is 5.94. The van der Waals surface area contributed by atoms with Crippen LogP contribution < -0.4 is 0 Å². The van der Waals surface area contributed by atoms with Gasteiger partial charge in [0.05, 0.1) is 0 Å². The number of hydrogen-bond donors (Lipinski definition) is 0. The predicted octanol–water partition coefficient (Wildman–Crippen LogP) is 4.66. The largest absolute Gasteiger partial charge is 0.300 e. The van der Waals surface area contributed by atoms with Gasteiger partial charge in [0.1, 0.15) is 5.78 Å². The molecule has 1 heteroatoms. The van der Waals surface area contributed by atoms with Gasteiger partial charge >= 0.3 is 0 Å². The summed E-state index contributed by atoms with van der Waals surface area (Å²) in [4.78, 5) is 11.7. The van der Waals surface area contributed by atoms with Crippen molar-refractivity contribution in [1.82, 2.24) is 0 Å². The summed E-state index contributed by atoms with van der Waals surface area (Å²) in [5.41, 5.74) is 4.25. The number of ketones is 1. The lowest BCUT2D eigenvalue weighted by Gasteiger charge is -2.48. The molecule has 4 aliphatic rings.